The predicted molar refractivity (Wildman–Crippen MR) is 107 cm³/mol. The molecule has 0 unspecified atom stereocenters. The molecule has 1 atom stereocenters. The van der Waals surface area contributed by atoms with E-state index in [4.69, 9.17) is 0 Å². The molecule has 1 saturated heterocycles. The topological polar surface area (TPSA) is 86.4 Å². The second kappa shape index (κ2) is 7.86. The predicted octanol–water partition coefficient (Wildman–Crippen LogP) is 2.27. The highest BCUT2D eigenvalue weighted by Crippen LogP contribution is 2.24. The van der Waals surface area contributed by atoms with Crippen molar-refractivity contribution in [3.63, 3.8) is 0 Å². The van der Waals surface area contributed by atoms with Gasteiger partial charge >= 0.3 is 0 Å². The molecule has 2 heterocycles. The van der Waals surface area contributed by atoms with Crippen molar-refractivity contribution in [2.24, 2.45) is 0 Å². The van der Waals surface area contributed by atoms with E-state index in [2.05, 4.69) is 9.97 Å². The number of halogens is 2. The first-order chi connectivity index (χ1) is 14.3. The van der Waals surface area contributed by atoms with Crippen molar-refractivity contribution in [2.45, 2.75) is 17.9 Å². The first kappa shape index (κ1) is 20.6. The first-order valence-electron chi connectivity index (χ1n) is 9.45. The second-order valence-electron chi connectivity index (χ2n) is 7.16. The van der Waals surface area contributed by atoms with Crippen LogP contribution in [-0.2, 0) is 10.0 Å². The Kier molecular flexibility index (Phi) is 5.39. The van der Waals surface area contributed by atoms with Crippen molar-refractivity contribution in [3.8, 4) is 0 Å². The molecule has 1 fully saturated rings. The molecule has 1 aromatic heterocycles. The number of hydrogen-bond donors (Lipinski definition) is 1. The van der Waals surface area contributed by atoms with Gasteiger partial charge in [-0.15, -0.1) is 0 Å². The lowest BCUT2D eigenvalue weighted by atomic mass is 10.2. The number of benzene rings is 2. The van der Waals surface area contributed by atoms with Crippen LogP contribution in [0.1, 0.15) is 18.8 Å². The van der Waals surface area contributed by atoms with Crippen LogP contribution in [-0.4, -0.2) is 53.8 Å². The van der Waals surface area contributed by atoms with E-state index in [-0.39, 0.29) is 24.7 Å². The van der Waals surface area contributed by atoms with E-state index in [1.54, 1.807) is 24.3 Å². The Bertz CT molecular complexity index is 1250. The van der Waals surface area contributed by atoms with Gasteiger partial charge in [0, 0.05) is 32.2 Å². The molecule has 1 aliphatic rings. The molecular weight excluding hydrogens is 414 g/mol. The molecule has 0 saturated carbocycles. The summed E-state index contributed by atoms with van der Waals surface area (Å²) in [5.41, 5.74) is 0.367. The summed E-state index contributed by atoms with van der Waals surface area (Å²) < 4.78 is 53.8. The molecule has 4 rings (SSSR count). The lowest BCUT2D eigenvalue weighted by molar-refractivity contribution is 0.141. The number of rotatable bonds is 4. The quantitative estimate of drug-likeness (QED) is 0.681. The number of nitrogens with one attached hydrogen (secondary N) is 1. The molecule has 0 bridgehead atoms. The zero-order chi connectivity index (χ0) is 21.5. The third kappa shape index (κ3) is 3.73. The van der Waals surface area contributed by atoms with Gasteiger partial charge in [0.05, 0.1) is 16.9 Å². The van der Waals surface area contributed by atoms with Gasteiger partial charge in [0.1, 0.15) is 22.4 Å². The smallest absolute Gasteiger partial charge is 0.258 e. The molecule has 0 radical (unpaired) electrons. The SMILES string of the molecule is C[C@@H](c1nc2ccccc2c(=O)[nH]1)N1CCN(S(=O)(=O)c2ccc(F)cc2F)CC1. The Morgan fingerprint density at radius 1 is 1.07 bits per heavy atom. The maximum absolute atomic E-state index is 14.0. The summed E-state index contributed by atoms with van der Waals surface area (Å²) in [5, 5.41) is 0.505. The summed E-state index contributed by atoms with van der Waals surface area (Å²) in [5.74, 6) is -1.44. The number of H-pyrrole nitrogens is 1. The van der Waals surface area contributed by atoms with E-state index >= 15 is 0 Å². The summed E-state index contributed by atoms with van der Waals surface area (Å²) >= 11 is 0. The van der Waals surface area contributed by atoms with Gasteiger partial charge in [-0.2, -0.15) is 4.31 Å². The fourth-order valence-electron chi connectivity index (χ4n) is 3.63. The van der Waals surface area contributed by atoms with Crippen molar-refractivity contribution in [3.05, 3.63) is 70.3 Å². The Hall–Kier alpha value is -2.69. The summed E-state index contributed by atoms with van der Waals surface area (Å²) in [6, 6.07) is 9.24. The van der Waals surface area contributed by atoms with Gasteiger partial charge in [-0.05, 0) is 31.2 Å². The number of aromatic nitrogens is 2. The number of fused-ring (bicyclic) bond motifs is 1. The fraction of sp³-hybridized carbons (Fsp3) is 0.300. The van der Waals surface area contributed by atoms with Gasteiger partial charge in [0.2, 0.25) is 10.0 Å². The molecule has 30 heavy (non-hydrogen) atoms. The van der Waals surface area contributed by atoms with Crippen LogP contribution in [0.2, 0.25) is 0 Å². The first-order valence-corrected chi connectivity index (χ1v) is 10.9. The third-order valence-corrected chi connectivity index (χ3v) is 7.29. The average molecular weight is 434 g/mol. The van der Waals surface area contributed by atoms with Gasteiger partial charge < -0.3 is 4.98 Å². The zero-order valence-electron chi connectivity index (χ0n) is 16.2. The number of sulfonamides is 1. The van der Waals surface area contributed by atoms with E-state index in [0.717, 1.165) is 12.1 Å². The summed E-state index contributed by atoms with van der Waals surface area (Å²) in [4.78, 5) is 21.1. The van der Waals surface area contributed by atoms with E-state index in [1.807, 2.05) is 11.8 Å². The Morgan fingerprint density at radius 2 is 1.77 bits per heavy atom. The highest BCUT2D eigenvalue weighted by Gasteiger charge is 2.32. The molecule has 1 aliphatic heterocycles. The standard InChI is InChI=1S/C20H20F2N4O3S/c1-13(19-23-17-5-3-2-4-15(17)20(27)24-19)25-8-10-26(11-9-25)30(28,29)18-7-6-14(21)12-16(18)22/h2-7,12-13H,8-11H2,1H3,(H,23,24,27)/t13-/m0/s1. The number of para-hydroxylation sites is 1. The molecule has 0 amide bonds. The van der Waals surface area contributed by atoms with Crippen molar-refractivity contribution in [2.75, 3.05) is 26.2 Å². The van der Waals surface area contributed by atoms with Crippen LogP contribution in [0.5, 0.6) is 0 Å². The number of piperazine rings is 1. The normalized spacial score (nSPS) is 17.3. The van der Waals surface area contributed by atoms with Crippen LogP contribution in [0.15, 0.2) is 52.2 Å². The Morgan fingerprint density at radius 3 is 2.47 bits per heavy atom. The molecule has 158 valence electrons. The minimum atomic E-state index is -4.07. The van der Waals surface area contributed by atoms with Crippen molar-refractivity contribution < 1.29 is 17.2 Å². The molecule has 3 aromatic rings. The van der Waals surface area contributed by atoms with Gasteiger partial charge in [0.25, 0.3) is 5.56 Å². The molecular formula is C20H20F2N4O3S. The van der Waals surface area contributed by atoms with Crippen LogP contribution < -0.4 is 5.56 Å². The maximum atomic E-state index is 14.0. The van der Waals surface area contributed by atoms with Crippen molar-refractivity contribution >= 4 is 20.9 Å². The maximum Gasteiger partial charge on any atom is 0.258 e. The lowest BCUT2D eigenvalue weighted by Gasteiger charge is -2.37. The number of nitrogens with zero attached hydrogens (tertiary/aromatic N) is 3. The molecule has 7 nitrogen and oxygen atoms in total. The summed E-state index contributed by atoms with van der Waals surface area (Å²) in [6.45, 7) is 2.92. The summed E-state index contributed by atoms with van der Waals surface area (Å²) in [7, 11) is -4.07. The van der Waals surface area contributed by atoms with E-state index in [9.17, 15) is 22.0 Å². The molecule has 0 spiro atoms. The Labute approximate surface area is 172 Å². The van der Waals surface area contributed by atoms with E-state index in [1.165, 1.54) is 4.31 Å². The lowest BCUT2D eigenvalue weighted by Crippen LogP contribution is -2.49. The zero-order valence-corrected chi connectivity index (χ0v) is 17.0. The highest BCUT2D eigenvalue weighted by atomic mass is 32.2. The molecule has 1 N–H and O–H groups in total. The summed E-state index contributed by atoms with van der Waals surface area (Å²) in [6.07, 6.45) is 0. The minimum absolute atomic E-state index is 0.140. The van der Waals surface area contributed by atoms with Crippen LogP contribution >= 0.6 is 0 Å². The van der Waals surface area contributed by atoms with Crippen molar-refractivity contribution in [1.82, 2.24) is 19.2 Å². The molecule has 2 aromatic carbocycles. The van der Waals surface area contributed by atoms with Crippen LogP contribution in [0.4, 0.5) is 8.78 Å². The fourth-order valence-corrected chi connectivity index (χ4v) is 5.10. The van der Waals surface area contributed by atoms with Crippen LogP contribution in [0.25, 0.3) is 10.9 Å². The highest BCUT2D eigenvalue weighted by molar-refractivity contribution is 7.89. The second-order valence-corrected chi connectivity index (χ2v) is 9.07. The van der Waals surface area contributed by atoms with Gasteiger partial charge in [0.15, 0.2) is 0 Å². The molecule has 0 aliphatic carbocycles. The van der Waals surface area contributed by atoms with Crippen LogP contribution in [0, 0.1) is 11.6 Å². The number of aromatic amines is 1. The Balaban J connectivity index is 1.51. The van der Waals surface area contributed by atoms with Gasteiger partial charge in [-0.25, -0.2) is 22.2 Å². The van der Waals surface area contributed by atoms with E-state index in [0.29, 0.717) is 35.9 Å². The monoisotopic (exact) mass is 434 g/mol. The minimum Gasteiger partial charge on any atom is -0.309 e. The van der Waals surface area contributed by atoms with E-state index < -0.39 is 26.6 Å². The van der Waals surface area contributed by atoms with Crippen molar-refractivity contribution in [1.29, 1.82) is 0 Å². The number of hydrogen-bond acceptors (Lipinski definition) is 5. The average Bonchev–Trinajstić information content (AvgIpc) is 2.73. The van der Waals surface area contributed by atoms with Gasteiger partial charge in [-0.3, -0.25) is 9.69 Å². The third-order valence-electron chi connectivity index (χ3n) is 5.36. The largest absolute Gasteiger partial charge is 0.309 e. The van der Waals surface area contributed by atoms with Crippen LogP contribution in [0.3, 0.4) is 0 Å². The van der Waals surface area contributed by atoms with Gasteiger partial charge in [-0.1, -0.05) is 12.1 Å². The molecule has 10 heteroatoms.